The number of amides is 2. The number of rotatable bonds is 8. The van der Waals surface area contributed by atoms with Gasteiger partial charge in [0.2, 0.25) is 0 Å². The first kappa shape index (κ1) is 22.2. The maximum Gasteiger partial charge on any atom is 0.332 e. The van der Waals surface area contributed by atoms with Crippen LogP contribution in [0.1, 0.15) is 46.2 Å². The van der Waals surface area contributed by atoms with Crippen LogP contribution in [0.2, 0.25) is 0 Å². The second-order valence-electron chi connectivity index (χ2n) is 7.19. The van der Waals surface area contributed by atoms with E-state index in [0.717, 1.165) is 0 Å². The van der Waals surface area contributed by atoms with Crippen molar-refractivity contribution >= 4 is 35.1 Å². The normalized spacial score (nSPS) is 15.0. The second kappa shape index (κ2) is 9.13. The minimum absolute atomic E-state index is 0.130. The summed E-state index contributed by atoms with van der Waals surface area (Å²) in [5.74, 6) is -2.24. The summed E-state index contributed by atoms with van der Waals surface area (Å²) in [6, 6.07) is 4.06. The topological polar surface area (TPSA) is 121 Å². The molecule has 0 fully saturated rings. The molecular weight excluding hydrogens is 405 g/mol. The molecule has 1 aliphatic rings. The van der Waals surface area contributed by atoms with Crippen molar-refractivity contribution in [2.45, 2.75) is 33.3 Å². The number of carbonyl (C=O) groups is 3. The lowest BCUT2D eigenvalue weighted by molar-refractivity contribution is -0.150. The molecule has 4 N–H and O–H groups in total. The van der Waals surface area contributed by atoms with Gasteiger partial charge in [0.25, 0.3) is 11.8 Å². The first-order valence-electron chi connectivity index (χ1n) is 9.87. The Bertz CT molecular complexity index is 1070. The average Bonchev–Trinajstić information content (AvgIpc) is 3.16. The summed E-state index contributed by atoms with van der Waals surface area (Å²) in [5, 5.41) is 14.5. The highest BCUT2D eigenvalue weighted by Gasteiger charge is 2.26. The molecule has 164 valence electrons. The minimum Gasteiger partial charge on any atom is -0.479 e. The summed E-state index contributed by atoms with van der Waals surface area (Å²) >= 11 is 0. The Morgan fingerprint density at radius 2 is 2.06 bits per heavy atom. The number of nitrogens with one attached hydrogen (secondary N) is 3. The van der Waals surface area contributed by atoms with Gasteiger partial charge in [-0.15, -0.1) is 0 Å². The second-order valence-corrected chi connectivity index (χ2v) is 7.19. The molecule has 3 rings (SSSR count). The van der Waals surface area contributed by atoms with Crippen molar-refractivity contribution in [3.05, 3.63) is 52.1 Å². The Kier molecular flexibility index (Phi) is 6.55. The number of H-pyrrole nitrogens is 1. The Labute approximate surface area is 178 Å². The van der Waals surface area contributed by atoms with Gasteiger partial charge in [-0.25, -0.2) is 9.18 Å². The van der Waals surface area contributed by atoms with Crippen LogP contribution in [0, 0.1) is 19.7 Å². The first-order valence-corrected chi connectivity index (χ1v) is 9.87. The number of carboxylic acid groups (broad SMARTS) is 1. The van der Waals surface area contributed by atoms with Crippen LogP contribution in [-0.2, 0) is 14.3 Å². The zero-order valence-corrected chi connectivity index (χ0v) is 17.5. The number of aromatic nitrogens is 1. The third-order valence-electron chi connectivity index (χ3n) is 5.09. The number of ether oxygens (including phenoxy) is 1. The number of halogens is 1. The van der Waals surface area contributed by atoms with Gasteiger partial charge in [-0.2, -0.15) is 0 Å². The SMILES string of the molecule is CCO[C@@H](CCNC(=O)c1c(C)[nH]c(/C=C2\C(=O)Nc3ccc(F)cc32)c1C)C(=O)O. The van der Waals surface area contributed by atoms with Gasteiger partial charge < -0.3 is 25.5 Å². The van der Waals surface area contributed by atoms with Crippen LogP contribution < -0.4 is 10.6 Å². The molecule has 2 amide bonds. The molecule has 0 radical (unpaired) electrons. The van der Waals surface area contributed by atoms with Gasteiger partial charge in [0.1, 0.15) is 5.82 Å². The van der Waals surface area contributed by atoms with Crippen LogP contribution in [0.25, 0.3) is 11.6 Å². The molecule has 2 heterocycles. The molecule has 8 nitrogen and oxygen atoms in total. The third-order valence-corrected chi connectivity index (χ3v) is 5.09. The van der Waals surface area contributed by atoms with Gasteiger partial charge in [-0.1, -0.05) is 0 Å². The van der Waals surface area contributed by atoms with Crippen LogP contribution in [0.5, 0.6) is 0 Å². The van der Waals surface area contributed by atoms with Crippen molar-refractivity contribution < 1.29 is 28.6 Å². The summed E-state index contributed by atoms with van der Waals surface area (Å²) in [6.07, 6.45) is 0.743. The van der Waals surface area contributed by atoms with E-state index in [1.165, 1.54) is 18.2 Å². The van der Waals surface area contributed by atoms with Crippen molar-refractivity contribution in [1.29, 1.82) is 0 Å². The molecule has 0 saturated carbocycles. The summed E-state index contributed by atoms with van der Waals surface area (Å²) in [6.45, 7) is 5.57. The summed E-state index contributed by atoms with van der Waals surface area (Å²) < 4.78 is 18.8. The lowest BCUT2D eigenvalue weighted by atomic mass is 10.0. The van der Waals surface area contributed by atoms with Gasteiger partial charge in [0.05, 0.1) is 11.1 Å². The van der Waals surface area contributed by atoms with Crippen LogP contribution in [0.4, 0.5) is 10.1 Å². The highest BCUT2D eigenvalue weighted by atomic mass is 19.1. The number of aromatic amines is 1. The average molecular weight is 429 g/mol. The predicted octanol–water partition coefficient (Wildman–Crippen LogP) is 2.87. The Balaban J connectivity index is 1.79. The zero-order valence-electron chi connectivity index (χ0n) is 17.5. The molecule has 1 atom stereocenters. The molecule has 1 aliphatic heterocycles. The number of fused-ring (bicyclic) bond motifs is 1. The van der Waals surface area contributed by atoms with Crippen LogP contribution >= 0.6 is 0 Å². The largest absolute Gasteiger partial charge is 0.479 e. The molecular formula is C22H24FN3O5. The van der Waals surface area contributed by atoms with E-state index in [1.807, 2.05) is 0 Å². The van der Waals surface area contributed by atoms with Gasteiger partial charge in [-0.05, 0) is 50.6 Å². The van der Waals surface area contributed by atoms with E-state index in [9.17, 15) is 18.8 Å². The summed E-state index contributed by atoms with van der Waals surface area (Å²) in [5.41, 5.74) is 3.47. The number of aryl methyl sites for hydroxylation is 1. The highest BCUT2D eigenvalue weighted by molar-refractivity contribution is 6.34. The molecule has 1 aromatic carbocycles. The van der Waals surface area contributed by atoms with E-state index >= 15 is 0 Å². The first-order chi connectivity index (χ1) is 14.7. The van der Waals surface area contributed by atoms with Gasteiger partial charge in [0.15, 0.2) is 6.10 Å². The fraction of sp³-hybridized carbons (Fsp3) is 0.318. The van der Waals surface area contributed by atoms with E-state index in [1.54, 1.807) is 26.8 Å². The number of hydrogen-bond acceptors (Lipinski definition) is 4. The van der Waals surface area contributed by atoms with Gasteiger partial charge >= 0.3 is 5.97 Å². The van der Waals surface area contributed by atoms with Gasteiger partial charge in [0, 0.05) is 42.2 Å². The molecule has 0 unspecified atom stereocenters. The lowest BCUT2D eigenvalue weighted by Crippen LogP contribution is -2.32. The van der Waals surface area contributed by atoms with Crippen molar-refractivity contribution in [3.63, 3.8) is 0 Å². The molecule has 0 spiro atoms. The molecule has 31 heavy (non-hydrogen) atoms. The molecule has 0 aliphatic carbocycles. The highest BCUT2D eigenvalue weighted by Crippen LogP contribution is 2.34. The maximum absolute atomic E-state index is 13.7. The zero-order chi connectivity index (χ0) is 22.7. The molecule has 0 saturated heterocycles. The number of benzene rings is 1. The summed E-state index contributed by atoms with van der Waals surface area (Å²) in [4.78, 5) is 39.3. The Morgan fingerprint density at radius 1 is 1.32 bits per heavy atom. The number of carbonyl (C=O) groups excluding carboxylic acids is 2. The monoisotopic (exact) mass is 429 g/mol. The van der Waals surface area contributed by atoms with Crippen LogP contribution in [-0.4, -0.2) is 47.1 Å². The number of anilines is 1. The van der Waals surface area contributed by atoms with E-state index in [2.05, 4.69) is 15.6 Å². The van der Waals surface area contributed by atoms with Crippen molar-refractivity contribution in [2.75, 3.05) is 18.5 Å². The van der Waals surface area contributed by atoms with Crippen molar-refractivity contribution in [3.8, 4) is 0 Å². The number of hydrogen-bond donors (Lipinski definition) is 4. The molecule has 1 aromatic heterocycles. The predicted molar refractivity (Wildman–Crippen MR) is 113 cm³/mol. The van der Waals surface area contributed by atoms with Crippen LogP contribution in [0.3, 0.4) is 0 Å². The van der Waals surface area contributed by atoms with E-state index in [-0.39, 0.29) is 31.4 Å². The molecule has 9 heteroatoms. The van der Waals surface area contributed by atoms with Crippen molar-refractivity contribution in [1.82, 2.24) is 10.3 Å². The fourth-order valence-corrected chi connectivity index (χ4v) is 3.59. The summed E-state index contributed by atoms with van der Waals surface area (Å²) in [7, 11) is 0. The van der Waals surface area contributed by atoms with E-state index in [0.29, 0.717) is 39.3 Å². The maximum atomic E-state index is 13.7. The smallest absolute Gasteiger partial charge is 0.332 e. The van der Waals surface area contributed by atoms with Crippen LogP contribution in [0.15, 0.2) is 18.2 Å². The number of carboxylic acids is 1. The Hall–Kier alpha value is -3.46. The minimum atomic E-state index is -1.08. The van der Waals surface area contributed by atoms with E-state index in [4.69, 9.17) is 9.84 Å². The Morgan fingerprint density at radius 3 is 2.74 bits per heavy atom. The fourth-order valence-electron chi connectivity index (χ4n) is 3.59. The molecule has 0 bridgehead atoms. The lowest BCUT2D eigenvalue weighted by Gasteiger charge is -2.13. The number of aliphatic carboxylic acids is 1. The van der Waals surface area contributed by atoms with Gasteiger partial charge in [-0.3, -0.25) is 9.59 Å². The quantitative estimate of drug-likeness (QED) is 0.481. The molecule has 2 aromatic rings. The standard InChI is InChI=1S/C22H24FN3O5/c1-4-31-18(22(29)30)7-8-24-21(28)19-11(2)17(25-12(19)3)10-15-14-9-13(23)5-6-16(14)26-20(15)27/h5-6,9-10,18,25H,4,7-8H2,1-3H3,(H,24,28)(H,26,27)(H,29,30)/b15-10-/t18-/m0/s1. The van der Waals surface area contributed by atoms with E-state index < -0.39 is 17.9 Å². The van der Waals surface area contributed by atoms with Crippen molar-refractivity contribution in [2.24, 2.45) is 0 Å². The third kappa shape index (κ3) is 4.66.